The molecule has 120 valence electrons. The van der Waals surface area contributed by atoms with E-state index < -0.39 is 0 Å². The molecule has 0 spiro atoms. The molecule has 0 atom stereocenters. The number of hydrogen-bond donors (Lipinski definition) is 0. The Labute approximate surface area is 140 Å². The topological polar surface area (TPSA) is 54.4 Å². The van der Waals surface area contributed by atoms with Crippen LogP contribution in [0, 0.1) is 0 Å². The van der Waals surface area contributed by atoms with Gasteiger partial charge in [-0.15, -0.1) is 0 Å². The standard InChI is InChI=1S/C16H18ClN5O/c17-14-18-15(21-7-9-23-10-8-21)20-16(19-14)22-6-5-12-3-1-2-4-13(12)11-22/h1-4H,5-11H2. The Morgan fingerprint density at radius 1 is 0.870 bits per heavy atom. The van der Waals surface area contributed by atoms with Crippen LogP contribution < -0.4 is 9.80 Å². The number of anilines is 2. The molecule has 1 aromatic carbocycles. The van der Waals surface area contributed by atoms with Crippen LogP contribution in [0.1, 0.15) is 11.1 Å². The van der Waals surface area contributed by atoms with Gasteiger partial charge in [-0.2, -0.15) is 15.0 Å². The summed E-state index contributed by atoms with van der Waals surface area (Å²) < 4.78 is 5.38. The van der Waals surface area contributed by atoms with Gasteiger partial charge in [-0.25, -0.2) is 0 Å². The Balaban J connectivity index is 1.60. The smallest absolute Gasteiger partial charge is 0.231 e. The summed E-state index contributed by atoms with van der Waals surface area (Å²) in [6.07, 6.45) is 0.992. The first-order valence-electron chi connectivity index (χ1n) is 7.85. The maximum atomic E-state index is 6.14. The Hall–Kier alpha value is -1.92. The molecular formula is C16H18ClN5O. The lowest BCUT2D eigenvalue weighted by molar-refractivity contribution is 0.122. The quantitative estimate of drug-likeness (QED) is 0.838. The first-order valence-corrected chi connectivity index (χ1v) is 8.23. The molecule has 0 bridgehead atoms. The zero-order valence-electron chi connectivity index (χ0n) is 12.8. The summed E-state index contributed by atoms with van der Waals surface area (Å²) in [6, 6.07) is 8.51. The fourth-order valence-electron chi connectivity index (χ4n) is 3.04. The highest BCUT2D eigenvalue weighted by atomic mass is 35.5. The fourth-order valence-corrected chi connectivity index (χ4v) is 3.19. The molecule has 1 fully saturated rings. The molecule has 0 saturated carbocycles. The van der Waals surface area contributed by atoms with E-state index in [0.29, 0.717) is 25.1 Å². The predicted molar refractivity (Wildman–Crippen MR) is 89.1 cm³/mol. The number of fused-ring (bicyclic) bond motifs is 1. The number of ether oxygens (including phenoxy) is 1. The minimum Gasteiger partial charge on any atom is -0.378 e. The molecule has 23 heavy (non-hydrogen) atoms. The van der Waals surface area contributed by atoms with Gasteiger partial charge < -0.3 is 14.5 Å². The van der Waals surface area contributed by atoms with Crippen molar-refractivity contribution in [3.8, 4) is 0 Å². The van der Waals surface area contributed by atoms with Gasteiger partial charge in [-0.1, -0.05) is 24.3 Å². The van der Waals surface area contributed by atoms with Crippen LogP contribution in [0.25, 0.3) is 0 Å². The van der Waals surface area contributed by atoms with E-state index in [-0.39, 0.29) is 5.28 Å². The molecule has 6 nitrogen and oxygen atoms in total. The van der Waals surface area contributed by atoms with E-state index in [4.69, 9.17) is 16.3 Å². The number of benzene rings is 1. The van der Waals surface area contributed by atoms with Crippen molar-refractivity contribution < 1.29 is 4.74 Å². The van der Waals surface area contributed by atoms with E-state index >= 15 is 0 Å². The van der Waals surface area contributed by atoms with E-state index in [2.05, 4.69) is 49.0 Å². The lowest BCUT2D eigenvalue weighted by Gasteiger charge is -2.30. The molecule has 0 amide bonds. The van der Waals surface area contributed by atoms with E-state index in [1.165, 1.54) is 11.1 Å². The third-order valence-corrected chi connectivity index (χ3v) is 4.46. The number of nitrogens with zero attached hydrogens (tertiary/aromatic N) is 5. The Morgan fingerprint density at radius 3 is 2.35 bits per heavy atom. The Morgan fingerprint density at radius 2 is 1.57 bits per heavy atom. The molecule has 4 rings (SSSR count). The van der Waals surface area contributed by atoms with Crippen LogP contribution in [0.15, 0.2) is 24.3 Å². The molecule has 1 aromatic heterocycles. The van der Waals surface area contributed by atoms with Crippen molar-refractivity contribution in [2.75, 3.05) is 42.6 Å². The van der Waals surface area contributed by atoms with Crippen molar-refractivity contribution in [3.63, 3.8) is 0 Å². The minimum absolute atomic E-state index is 0.246. The van der Waals surface area contributed by atoms with Gasteiger partial charge in [-0.3, -0.25) is 0 Å². The first-order chi connectivity index (χ1) is 11.3. The van der Waals surface area contributed by atoms with Crippen molar-refractivity contribution in [1.29, 1.82) is 0 Å². The van der Waals surface area contributed by atoms with Crippen molar-refractivity contribution in [2.45, 2.75) is 13.0 Å². The molecule has 2 aromatic rings. The zero-order chi connectivity index (χ0) is 15.6. The van der Waals surface area contributed by atoms with Crippen LogP contribution in [-0.4, -0.2) is 47.8 Å². The number of halogens is 1. The Bertz CT molecular complexity index is 705. The molecule has 7 heteroatoms. The molecule has 1 saturated heterocycles. The summed E-state index contributed by atoms with van der Waals surface area (Å²) >= 11 is 6.14. The van der Waals surface area contributed by atoms with Crippen LogP contribution in [0.3, 0.4) is 0 Å². The summed E-state index contributed by atoms with van der Waals surface area (Å²) in [7, 11) is 0. The molecule has 0 aliphatic carbocycles. The average molecular weight is 332 g/mol. The third-order valence-electron chi connectivity index (χ3n) is 4.29. The lowest BCUT2D eigenvalue weighted by Crippen LogP contribution is -2.38. The van der Waals surface area contributed by atoms with Crippen molar-refractivity contribution in [3.05, 3.63) is 40.7 Å². The lowest BCUT2D eigenvalue weighted by atomic mass is 10.0. The van der Waals surface area contributed by atoms with Gasteiger partial charge in [0.25, 0.3) is 0 Å². The molecular weight excluding hydrogens is 314 g/mol. The SMILES string of the molecule is Clc1nc(N2CCOCC2)nc(N2CCc3ccccc3C2)n1. The zero-order valence-corrected chi connectivity index (χ0v) is 13.5. The van der Waals surface area contributed by atoms with Gasteiger partial charge >= 0.3 is 0 Å². The highest BCUT2D eigenvalue weighted by molar-refractivity contribution is 6.28. The second-order valence-corrected chi connectivity index (χ2v) is 6.08. The molecule has 0 radical (unpaired) electrons. The number of aromatic nitrogens is 3. The van der Waals surface area contributed by atoms with Gasteiger partial charge in [0.15, 0.2) is 0 Å². The molecule has 0 N–H and O–H groups in total. The monoisotopic (exact) mass is 331 g/mol. The highest BCUT2D eigenvalue weighted by Gasteiger charge is 2.21. The van der Waals surface area contributed by atoms with Crippen molar-refractivity contribution in [1.82, 2.24) is 15.0 Å². The maximum absolute atomic E-state index is 6.14. The van der Waals surface area contributed by atoms with Crippen LogP contribution in [-0.2, 0) is 17.7 Å². The molecule has 2 aliphatic heterocycles. The summed E-state index contributed by atoms with van der Waals surface area (Å²) in [4.78, 5) is 17.5. The van der Waals surface area contributed by atoms with E-state index in [9.17, 15) is 0 Å². The Kier molecular flexibility index (Phi) is 4.01. The molecule has 3 heterocycles. The van der Waals surface area contributed by atoms with E-state index in [0.717, 1.165) is 32.6 Å². The van der Waals surface area contributed by atoms with Gasteiger partial charge in [0, 0.05) is 26.2 Å². The van der Waals surface area contributed by atoms with Gasteiger partial charge in [0.2, 0.25) is 17.2 Å². The van der Waals surface area contributed by atoms with Crippen LogP contribution in [0.5, 0.6) is 0 Å². The van der Waals surface area contributed by atoms with Gasteiger partial charge in [0.1, 0.15) is 0 Å². The largest absolute Gasteiger partial charge is 0.378 e. The second kappa shape index (κ2) is 6.29. The summed E-state index contributed by atoms with van der Waals surface area (Å²) in [6.45, 7) is 4.63. The van der Waals surface area contributed by atoms with E-state index in [1.54, 1.807) is 0 Å². The van der Waals surface area contributed by atoms with Crippen LogP contribution in [0.4, 0.5) is 11.9 Å². The van der Waals surface area contributed by atoms with Crippen LogP contribution >= 0.6 is 11.6 Å². The number of rotatable bonds is 2. The van der Waals surface area contributed by atoms with Gasteiger partial charge in [-0.05, 0) is 29.1 Å². The van der Waals surface area contributed by atoms with Gasteiger partial charge in [0.05, 0.1) is 13.2 Å². The molecule has 0 unspecified atom stereocenters. The summed E-state index contributed by atoms with van der Waals surface area (Å²) in [5.74, 6) is 1.29. The number of morpholine rings is 1. The van der Waals surface area contributed by atoms with Crippen LogP contribution in [0.2, 0.25) is 5.28 Å². The van der Waals surface area contributed by atoms with Crippen molar-refractivity contribution in [2.24, 2.45) is 0 Å². The fraction of sp³-hybridized carbons (Fsp3) is 0.438. The first kappa shape index (κ1) is 14.7. The molecule has 2 aliphatic rings. The normalized spacial score (nSPS) is 18.0. The summed E-state index contributed by atoms with van der Waals surface area (Å²) in [5.41, 5.74) is 2.72. The minimum atomic E-state index is 0.246. The maximum Gasteiger partial charge on any atom is 0.231 e. The summed E-state index contributed by atoms with van der Waals surface area (Å²) in [5, 5.41) is 0.246. The predicted octanol–water partition coefficient (Wildman–Crippen LogP) is 1.92. The highest BCUT2D eigenvalue weighted by Crippen LogP contribution is 2.24. The average Bonchev–Trinajstić information content (AvgIpc) is 2.61. The number of hydrogen-bond acceptors (Lipinski definition) is 6. The second-order valence-electron chi connectivity index (χ2n) is 5.74. The van der Waals surface area contributed by atoms with E-state index in [1.807, 2.05) is 0 Å². The van der Waals surface area contributed by atoms with Crippen molar-refractivity contribution >= 4 is 23.5 Å². The third kappa shape index (κ3) is 3.09.